The van der Waals surface area contributed by atoms with Gasteiger partial charge in [0.1, 0.15) is 17.4 Å². The van der Waals surface area contributed by atoms with E-state index in [1.54, 1.807) is 19.1 Å². The monoisotopic (exact) mass is 516 g/mol. The van der Waals surface area contributed by atoms with Crippen molar-refractivity contribution in [2.24, 2.45) is 0 Å². The van der Waals surface area contributed by atoms with E-state index >= 15 is 0 Å². The second kappa shape index (κ2) is 10.6. The summed E-state index contributed by atoms with van der Waals surface area (Å²) in [7, 11) is 0. The maximum absolute atomic E-state index is 14.9. The highest BCUT2D eigenvalue weighted by molar-refractivity contribution is 5.72. The summed E-state index contributed by atoms with van der Waals surface area (Å²) in [6, 6.07) is 14.7. The highest BCUT2D eigenvalue weighted by Crippen LogP contribution is 2.37. The number of alkyl halides is 2. The average molecular weight is 516 g/mol. The van der Waals surface area contributed by atoms with Gasteiger partial charge in [0.2, 0.25) is 0 Å². The predicted octanol–water partition coefficient (Wildman–Crippen LogP) is 8.80. The number of rotatable bonds is 8. The zero-order chi connectivity index (χ0) is 26.7. The molecule has 0 N–H and O–H groups in total. The minimum atomic E-state index is -3.99. The lowest BCUT2D eigenvalue weighted by atomic mass is 9.97. The zero-order valence-electron chi connectivity index (χ0n) is 19.9. The Labute approximate surface area is 210 Å². The van der Waals surface area contributed by atoms with Gasteiger partial charge in [-0.3, -0.25) is 0 Å². The van der Waals surface area contributed by atoms with Gasteiger partial charge in [-0.15, -0.1) is 0 Å². The van der Waals surface area contributed by atoms with Crippen LogP contribution in [-0.2, 0) is 6.11 Å². The Bertz CT molecular complexity index is 1350. The molecule has 0 heterocycles. The molecule has 192 valence electrons. The van der Waals surface area contributed by atoms with E-state index in [9.17, 15) is 26.3 Å². The first-order chi connectivity index (χ1) is 17.6. The Morgan fingerprint density at radius 3 is 1.76 bits per heavy atom. The van der Waals surface area contributed by atoms with Crippen LogP contribution in [0.15, 0.2) is 72.8 Å². The molecule has 37 heavy (non-hydrogen) atoms. The fraction of sp³-hybridized carbons (Fsp3) is 0.172. The fourth-order valence-electron chi connectivity index (χ4n) is 3.74. The van der Waals surface area contributed by atoms with Crippen LogP contribution in [0, 0.1) is 30.2 Å². The molecule has 4 aromatic carbocycles. The van der Waals surface area contributed by atoms with E-state index in [2.05, 4.69) is 4.74 Å². The van der Waals surface area contributed by atoms with Crippen molar-refractivity contribution in [2.75, 3.05) is 6.61 Å². The van der Waals surface area contributed by atoms with Gasteiger partial charge in [0.05, 0.1) is 17.7 Å². The largest absolute Gasteiger partial charge is 0.488 e. The minimum absolute atomic E-state index is 0.0273. The highest BCUT2D eigenvalue weighted by atomic mass is 19.3. The molecular formula is C29H22F6O2. The van der Waals surface area contributed by atoms with E-state index in [-0.39, 0.29) is 17.7 Å². The van der Waals surface area contributed by atoms with Gasteiger partial charge in [-0.25, -0.2) is 17.6 Å². The Morgan fingerprint density at radius 1 is 0.676 bits per heavy atom. The summed E-state index contributed by atoms with van der Waals surface area (Å²) in [6.45, 7) is 3.68. The Hall–Kier alpha value is -3.94. The lowest BCUT2D eigenvalue weighted by molar-refractivity contribution is -0.185. The molecule has 0 fully saturated rings. The van der Waals surface area contributed by atoms with Crippen LogP contribution in [-0.4, -0.2) is 6.61 Å². The second-order valence-electron chi connectivity index (χ2n) is 8.44. The van der Waals surface area contributed by atoms with Gasteiger partial charge < -0.3 is 9.47 Å². The third kappa shape index (κ3) is 5.74. The lowest BCUT2D eigenvalue weighted by Crippen LogP contribution is -2.22. The van der Waals surface area contributed by atoms with Crippen LogP contribution >= 0.6 is 0 Å². The Morgan fingerprint density at radius 2 is 1.22 bits per heavy atom. The van der Waals surface area contributed by atoms with E-state index in [1.807, 2.05) is 19.1 Å². The molecule has 0 aromatic heterocycles. The number of hydrogen-bond acceptors (Lipinski definition) is 2. The lowest BCUT2D eigenvalue weighted by Gasteiger charge is -2.19. The summed E-state index contributed by atoms with van der Waals surface area (Å²) in [5, 5.41) is 0. The average Bonchev–Trinajstić information content (AvgIpc) is 2.83. The summed E-state index contributed by atoms with van der Waals surface area (Å²) in [4.78, 5) is 0. The molecule has 0 saturated heterocycles. The van der Waals surface area contributed by atoms with Crippen molar-refractivity contribution in [2.45, 2.75) is 26.4 Å². The summed E-state index contributed by atoms with van der Waals surface area (Å²) in [6.07, 6.45) is -3.49. The Balaban J connectivity index is 1.57. The second-order valence-corrected chi connectivity index (χ2v) is 8.44. The van der Waals surface area contributed by atoms with Crippen LogP contribution in [0.3, 0.4) is 0 Å². The quantitative estimate of drug-likeness (QED) is 0.218. The van der Waals surface area contributed by atoms with Crippen molar-refractivity contribution in [1.29, 1.82) is 0 Å². The van der Waals surface area contributed by atoms with Gasteiger partial charge in [-0.1, -0.05) is 48.9 Å². The summed E-state index contributed by atoms with van der Waals surface area (Å²) in [5.74, 6) is -5.52. The first-order valence-corrected chi connectivity index (χ1v) is 11.4. The molecule has 0 atom stereocenters. The minimum Gasteiger partial charge on any atom is -0.488 e. The molecule has 0 bridgehead atoms. The van der Waals surface area contributed by atoms with Crippen LogP contribution in [0.4, 0.5) is 26.3 Å². The maximum Gasteiger partial charge on any atom is 0.426 e. The van der Waals surface area contributed by atoms with Gasteiger partial charge in [0, 0.05) is 12.1 Å². The highest BCUT2D eigenvalue weighted by Gasteiger charge is 2.35. The van der Waals surface area contributed by atoms with Gasteiger partial charge in [-0.2, -0.15) is 8.78 Å². The molecule has 0 spiro atoms. The van der Waals surface area contributed by atoms with Gasteiger partial charge >= 0.3 is 6.11 Å². The van der Waals surface area contributed by atoms with Crippen molar-refractivity contribution in [1.82, 2.24) is 0 Å². The van der Waals surface area contributed by atoms with E-state index in [0.717, 1.165) is 29.8 Å². The predicted molar refractivity (Wildman–Crippen MR) is 129 cm³/mol. The molecule has 4 rings (SSSR count). The van der Waals surface area contributed by atoms with Gasteiger partial charge in [0.25, 0.3) is 0 Å². The summed E-state index contributed by atoms with van der Waals surface area (Å²) >= 11 is 0. The SMILES string of the molecule is CCCOc1c(F)cc(OC(F)(F)c2ccc(-c3c(F)cc(-c4ccc(C)cc4)cc3F)cc2)cc1F. The smallest absolute Gasteiger partial charge is 0.426 e. The van der Waals surface area contributed by atoms with Crippen molar-refractivity contribution in [3.63, 3.8) is 0 Å². The van der Waals surface area contributed by atoms with Crippen molar-refractivity contribution in [3.8, 4) is 33.8 Å². The fourth-order valence-corrected chi connectivity index (χ4v) is 3.74. The topological polar surface area (TPSA) is 18.5 Å². The van der Waals surface area contributed by atoms with E-state index in [0.29, 0.717) is 29.7 Å². The van der Waals surface area contributed by atoms with Gasteiger partial charge in [0.15, 0.2) is 17.4 Å². The van der Waals surface area contributed by atoms with Gasteiger partial charge in [-0.05, 0) is 54.3 Å². The molecule has 8 heteroatoms. The Kier molecular flexibility index (Phi) is 7.47. The number of aryl methyl sites for hydroxylation is 1. The van der Waals surface area contributed by atoms with E-state index in [4.69, 9.17) is 4.74 Å². The van der Waals surface area contributed by atoms with Crippen LogP contribution < -0.4 is 9.47 Å². The first kappa shape index (κ1) is 26.1. The molecular weight excluding hydrogens is 494 g/mol. The number of ether oxygens (including phenoxy) is 2. The molecule has 0 aliphatic rings. The van der Waals surface area contributed by atoms with Crippen molar-refractivity contribution >= 4 is 0 Å². The number of benzene rings is 4. The maximum atomic E-state index is 14.9. The molecule has 0 amide bonds. The summed E-state index contributed by atoms with van der Waals surface area (Å²) in [5.41, 5.74) is 0.926. The third-order valence-electron chi connectivity index (χ3n) is 5.61. The van der Waals surface area contributed by atoms with E-state index < -0.39 is 46.4 Å². The molecule has 0 saturated carbocycles. The molecule has 2 nitrogen and oxygen atoms in total. The zero-order valence-corrected chi connectivity index (χ0v) is 19.9. The van der Waals surface area contributed by atoms with Crippen LogP contribution in [0.5, 0.6) is 11.5 Å². The number of hydrogen-bond donors (Lipinski definition) is 0. The molecule has 0 radical (unpaired) electrons. The molecule has 0 aliphatic carbocycles. The summed E-state index contributed by atoms with van der Waals surface area (Å²) < 4.78 is 96.9. The van der Waals surface area contributed by atoms with Crippen LogP contribution in [0.25, 0.3) is 22.3 Å². The molecule has 4 aromatic rings. The number of halogens is 6. The van der Waals surface area contributed by atoms with Crippen molar-refractivity contribution < 1.29 is 35.8 Å². The molecule has 0 unspecified atom stereocenters. The van der Waals surface area contributed by atoms with Crippen LogP contribution in [0.1, 0.15) is 24.5 Å². The van der Waals surface area contributed by atoms with E-state index in [1.165, 1.54) is 12.1 Å². The van der Waals surface area contributed by atoms with Crippen LogP contribution in [0.2, 0.25) is 0 Å². The first-order valence-electron chi connectivity index (χ1n) is 11.4. The normalized spacial score (nSPS) is 11.5. The standard InChI is InChI=1S/C29H22F6O2/c1-3-12-36-28-25(32)15-22(16-26(28)33)37-29(34,35)21-10-8-19(9-11-21)27-23(30)13-20(14-24(27)31)18-6-4-17(2)5-7-18/h4-11,13-16H,3,12H2,1-2H3. The third-order valence-corrected chi connectivity index (χ3v) is 5.61. The molecule has 0 aliphatic heterocycles. The van der Waals surface area contributed by atoms with Crippen molar-refractivity contribution in [3.05, 3.63) is 107 Å².